The third-order valence-electron chi connectivity index (χ3n) is 6.32. The fourth-order valence-electron chi connectivity index (χ4n) is 4.12. The summed E-state index contributed by atoms with van der Waals surface area (Å²) >= 11 is 0. The highest BCUT2D eigenvalue weighted by Gasteiger charge is 2.32. The Labute approximate surface area is 268 Å². The van der Waals surface area contributed by atoms with E-state index in [1.165, 1.54) is 6.92 Å². The minimum Gasteiger partial charge on any atom is -0.481 e. The molecular weight excluding hydrogens is 628 g/mol. The van der Waals surface area contributed by atoms with Gasteiger partial charge in [-0.1, -0.05) is 13.8 Å². The van der Waals surface area contributed by atoms with Crippen LogP contribution in [0.1, 0.15) is 59.3 Å². The van der Waals surface area contributed by atoms with Crippen LogP contribution in [0.4, 0.5) is 11.4 Å². The Balaban J connectivity index is 3.24. The van der Waals surface area contributed by atoms with E-state index >= 15 is 0 Å². The number of anilines is 1. The van der Waals surface area contributed by atoms with Gasteiger partial charge in [-0.25, -0.2) is 0 Å². The van der Waals surface area contributed by atoms with Crippen LogP contribution in [0.2, 0.25) is 0 Å². The zero-order valence-corrected chi connectivity index (χ0v) is 25.8. The van der Waals surface area contributed by atoms with Crippen LogP contribution in [0.15, 0.2) is 24.3 Å². The number of hydrogen-bond donors (Lipinski definition) is 8. The molecule has 0 saturated heterocycles. The van der Waals surface area contributed by atoms with Gasteiger partial charge in [0.15, 0.2) is 0 Å². The van der Waals surface area contributed by atoms with Crippen molar-refractivity contribution in [3.8, 4) is 0 Å². The Morgan fingerprint density at radius 1 is 0.681 bits per heavy atom. The van der Waals surface area contributed by atoms with Crippen molar-refractivity contribution in [3.05, 3.63) is 34.4 Å². The molecule has 0 aliphatic carbocycles. The van der Waals surface area contributed by atoms with Crippen LogP contribution in [0.5, 0.6) is 0 Å². The molecule has 0 spiro atoms. The van der Waals surface area contributed by atoms with Gasteiger partial charge < -0.3 is 41.9 Å². The molecule has 0 radical (unpaired) electrons. The van der Waals surface area contributed by atoms with Gasteiger partial charge in [0, 0.05) is 37.6 Å². The van der Waals surface area contributed by atoms with Gasteiger partial charge in [-0.3, -0.25) is 48.5 Å². The first-order valence-electron chi connectivity index (χ1n) is 14.3. The van der Waals surface area contributed by atoms with E-state index in [2.05, 4.69) is 26.6 Å². The van der Waals surface area contributed by atoms with Gasteiger partial charge in [0.2, 0.25) is 29.5 Å². The average Bonchev–Trinajstić information content (AvgIpc) is 2.95. The molecule has 0 heterocycles. The fourth-order valence-corrected chi connectivity index (χ4v) is 4.12. The van der Waals surface area contributed by atoms with Crippen molar-refractivity contribution in [2.75, 3.05) is 5.32 Å². The predicted molar refractivity (Wildman–Crippen MR) is 161 cm³/mol. The van der Waals surface area contributed by atoms with Gasteiger partial charge in [-0.15, -0.1) is 0 Å². The largest absolute Gasteiger partial charge is 0.481 e. The van der Waals surface area contributed by atoms with E-state index in [9.17, 15) is 58.7 Å². The maximum absolute atomic E-state index is 13.3. The van der Waals surface area contributed by atoms with Gasteiger partial charge in [0.25, 0.3) is 5.69 Å². The van der Waals surface area contributed by atoms with Crippen molar-refractivity contribution in [1.29, 1.82) is 0 Å². The summed E-state index contributed by atoms with van der Waals surface area (Å²) < 4.78 is 0. The lowest BCUT2D eigenvalue weighted by Crippen LogP contribution is -2.58. The number of rotatable bonds is 20. The number of carboxylic acids is 3. The molecule has 0 aliphatic heterocycles. The highest BCUT2D eigenvalue weighted by atomic mass is 16.6. The van der Waals surface area contributed by atoms with Crippen LogP contribution >= 0.6 is 0 Å². The van der Waals surface area contributed by atoms with E-state index in [-0.39, 0.29) is 23.7 Å². The van der Waals surface area contributed by atoms with Crippen LogP contribution in [-0.2, 0) is 38.4 Å². The van der Waals surface area contributed by atoms with Gasteiger partial charge in [0.1, 0.15) is 24.2 Å². The average molecular weight is 667 g/mol. The Morgan fingerprint density at radius 3 is 1.51 bits per heavy atom. The summed E-state index contributed by atoms with van der Waals surface area (Å²) in [7, 11) is 0. The minimum atomic E-state index is -1.77. The number of nitrogens with zero attached hydrogens (tertiary/aromatic N) is 1. The van der Waals surface area contributed by atoms with Gasteiger partial charge in [-0.2, -0.15) is 0 Å². The van der Waals surface area contributed by atoms with E-state index in [0.717, 1.165) is 24.3 Å². The molecule has 1 aromatic rings. The molecule has 47 heavy (non-hydrogen) atoms. The molecule has 4 atom stereocenters. The molecule has 0 aromatic heterocycles. The Bertz CT molecular complexity index is 1350. The van der Waals surface area contributed by atoms with Crippen LogP contribution in [-0.4, -0.2) is 91.9 Å². The molecule has 0 saturated carbocycles. The van der Waals surface area contributed by atoms with Crippen LogP contribution < -0.4 is 26.6 Å². The van der Waals surface area contributed by atoms with Crippen molar-refractivity contribution in [2.24, 2.45) is 5.92 Å². The zero-order chi connectivity index (χ0) is 35.8. The second kappa shape index (κ2) is 19.0. The minimum absolute atomic E-state index is 0.0213. The Hall–Kier alpha value is -5.62. The highest BCUT2D eigenvalue weighted by molar-refractivity contribution is 6.00. The highest BCUT2D eigenvalue weighted by Crippen LogP contribution is 2.16. The van der Waals surface area contributed by atoms with Gasteiger partial charge in [-0.05, 0) is 37.3 Å². The van der Waals surface area contributed by atoms with E-state index < -0.39 is 109 Å². The molecule has 19 nitrogen and oxygen atoms in total. The number of nitro groups is 1. The van der Waals surface area contributed by atoms with Crippen molar-refractivity contribution in [2.45, 2.75) is 83.5 Å². The summed E-state index contributed by atoms with van der Waals surface area (Å²) in [5, 5.41) is 50.0. The smallest absolute Gasteiger partial charge is 0.305 e. The van der Waals surface area contributed by atoms with Gasteiger partial charge in [0.05, 0.1) is 11.3 Å². The van der Waals surface area contributed by atoms with Gasteiger partial charge >= 0.3 is 17.9 Å². The van der Waals surface area contributed by atoms with E-state index in [0.29, 0.717) is 0 Å². The molecule has 1 aromatic carbocycles. The topological polar surface area (TPSA) is 301 Å². The number of nitrogens with one attached hydrogen (secondary N) is 5. The third kappa shape index (κ3) is 15.3. The monoisotopic (exact) mass is 666 g/mol. The Morgan fingerprint density at radius 2 is 1.13 bits per heavy atom. The van der Waals surface area contributed by atoms with E-state index in [1.54, 1.807) is 13.8 Å². The predicted octanol–water partition coefficient (Wildman–Crippen LogP) is -0.257. The van der Waals surface area contributed by atoms with Crippen LogP contribution in [0, 0.1) is 16.0 Å². The number of nitro benzene ring substituents is 1. The normalized spacial score (nSPS) is 13.2. The number of carboxylic acid groups (broad SMARTS) is 3. The molecule has 258 valence electrons. The number of benzene rings is 1. The molecule has 0 bridgehead atoms. The first kappa shape index (κ1) is 39.4. The molecule has 4 unspecified atom stereocenters. The first-order chi connectivity index (χ1) is 21.9. The Kier molecular flexibility index (Phi) is 15.9. The number of carbonyl (C=O) groups excluding carboxylic acids is 5. The number of hydrogen-bond acceptors (Lipinski definition) is 10. The summed E-state index contributed by atoms with van der Waals surface area (Å²) in [5.74, 6) is -9.00. The lowest BCUT2D eigenvalue weighted by Gasteiger charge is -2.26. The van der Waals surface area contributed by atoms with Crippen molar-refractivity contribution in [3.63, 3.8) is 0 Å². The van der Waals surface area contributed by atoms with E-state index in [4.69, 9.17) is 5.11 Å². The lowest BCUT2D eigenvalue weighted by molar-refractivity contribution is -0.384. The second-order valence-electron chi connectivity index (χ2n) is 10.8. The van der Waals surface area contributed by atoms with Crippen molar-refractivity contribution < 1.29 is 58.6 Å². The number of amides is 5. The van der Waals surface area contributed by atoms with E-state index in [1.807, 2.05) is 0 Å². The summed E-state index contributed by atoms with van der Waals surface area (Å²) in [6.45, 7) is 4.71. The summed E-state index contributed by atoms with van der Waals surface area (Å²) in [4.78, 5) is 108. The number of carbonyl (C=O) groups is 8. The molecule has 19 heteroatoms. The molecule has 8 N–H and O–H groups in total. The van der Waals surface area contributed by atoms with Crippen molar-refractivity contribution in [1.82, 2.24) is 21.3 Å². The SMILES string of the molecule is CC(=O)NC(CC(C)C)C(=O)NC(CCC(=O)O)C(=O)NC(CCC(=O)O)C(=O)NC(CC(=O)O)C(=O)Nc1ccc([N+](=O)[O-])cc1. The maximum atomic E-state index is 13.3. The van der Waals surface area contributed by atoms with Crippen molar-refractivity contribution >= 4 is 58.8 Å². The number of aliphatic carboxylic acids is 3. The van der Waals surface area contributed by atoms with Crippen LogP contribution in [0.25, 0.3) is 0 Å². The quantitative estimate of drug-likeness (QED) is 0.0658. The molecule has 0 aliphatic rings. The zero-order valence-electron chi connectivity index (χ0n) is 25.8. The fraction of sp³-hybridized carbons (Fsp3) is 0.500. The third-order valence-corrected chi connectivity index (χ3v) is 6.32. The molecular formula is C28H38N6O13. The summed E-state index contributed by atoms with van der Waals surface area (Å²) in [6, 6.07) is -1.67. The molecule has 0 fully saturated rings. The molecule has 1 rings (SSSR count). The summed E-state index contributed by atoms with van der Waals surface area (Å²) in [6.07, 6.45) is -3.10. The first-order valence-corrected chi connectivity index (χ1v) is 14.3. The summed E-state index contributed by atoms with van der Waals surface area (Å²) in [5.41, 5.74) is -0.271. The molecule has 5 amide bonds. The van der Waals surface area contributed by atoms with Crippen LogP contribution in [0.3, 0.4) is 0 Å². The maximum Gasteiger partial charge on any atom is 0.305 e. The standard InChI is InChI=1S/C28H38N6O13/c1-14(2)12-20(29-15(3)35)28(45)32-18(8-10-22(36)37)25(42)31-19(9-11-23(38)39)26(43)33-21(13-24(40)41)27(44)30-16-4-6-17(7-5-16)34(46)47/h4-7,14,18-21H,8-13H2,1-3H3,(H,29,35)(H,30,44)(H,31,42)(H,32,45)(H,33,43)(H,36,37)(H,38,39)(H,40,41). The number of non-ortho nitro benzene ring substituents is 1. The lowest BCUT2D eigenvalue weighted by atomic mass is 10.0. The second-order valence-corrected chi connectivity index (χ2v) is 10.8.